The van der Waals surface area contributed by atoms with Crippen LogP contribution >= 0.6 is 0 Å². The van der Waals surface area contributed by atoms with Crippen LogP contribution in [0.15, 0.2) is 27.8 Å². The normalized spacial score (nSPS) is 19.6. The first-order valence-corrected chi connectivity index (χ1v) is 9.59. The molecule has 8 heteroatoms. The van der Waals surface area contributed by atoms with E-state index in [9.17, 15) is 19.5 Å². The number of ether oxygens (including phenoxy) is 1. The van der Waals surface area contributed by atoms with Crippen LogP contribution in [0, 0.1) is 0 Å². The number of carbonyl (C=O) groups excluding carboxylic acids is 1. The van der Waals surface area contributed by atoms with Gasteiger partial charge in [0.1, 0.15) is 5.69 Å². The number of amides is 1. The Bertz CT molecular complexity index is 979. The van der Waals surface area contributed by atoms with E-state index in [1.807, 2.05) is 0 Å². The van der Waals surface area contributed by atoms with Crippen LogP contribution in [-0.4, -0.2) is 59.6 Å². The molecule has 2 aromatic carbocycles. The van der Waals surface area contributed by atoms with Gasteiger partial charge in [-0.15, -0.1) is 0 Å². The summed E-state index contributed by atoms with van der Waals surface area (Å²) < 4.78 is 5.18. The van der Waals surface area contributed by atoms with E-state index in [-0.39, 0.29) is 41.0 Å². The topological polar surface area (TPSA) is 99.2 Å². The molecule has 2 saturated heterocycles. The summed E-state index contributed by atoms with van der Waals surface area (Å²) in [5, 5.41) is 13.4. The van der Waals surface area contributed by atoms with Crippen LogP contribution in [0.25, 0.3) is 0 Å². The van der Waals surface area contributed by atoms with E-state index in [1.54, 1.807) is 30.0 Å². The number of aromatic hydroxyl groups is 1. The van der Waals surface area contributed by atoms with Crippen molar-refractivity contribution in [3.05, 3.63) is 44.2 Å². The summed E-state index contributed by atoms with van der Waals surface area (Å²) in [5.74, 6) is -0.513. The number of fused-ring (bicyclic) bond motifs is 1. The number of hydrogen-bond donors (Lipinski definition) is 2. The Morgan fingerprint density at radius 3 is 2.86 bits per heavy atom. The molecular formula is C20H23N3O5. The van der Waals surface area contributed by atoms with Gasteiger partial charge >= 0.3 is 0 Å². The van der Waals surface area contributed by atoms with Crippen molar-refractivity contribution in [1.29, 1.82) is 0 Å². The molecule has 2 fully saturated rings. The lowest BCUT2D eigenvalue weighted by atomic mass is 10.1. The SMILES string of the molecule is CCOc1c(Nc2cccc(C(=O)N3CCN4CCC[C@@H]4C3)c2O)c(=O)c1=O. The van der Waals surface area contributed by atoms with Crippen molar-refractivity contribution < 1.29 is 14.6 Å². The molecule has 0 spiro atoms. The molecule has 2 N–H and O–H groups in total. The van der Waals surface area contributed by atoms with Gasteiger partial charge in [0.2, 0.25) is 0 Å². The number of phenolic OH excluding ortho intramolecular Hbond substituents is 1. The number of nitrogens with one attached hydrogen (secondary N) is 1. The fraction of sp³-hybridized carbons (Fsp3) is 0.450. The summed E-state index contributed by atoms with van der Waals surface area (Å²) in [6, 6.07) is 5.13. The third-order valence-corrected chi connectivity index (χ3v) is 5.56. The van der Waals surface area contributed by atoms with Crippen LogP contribution in [0.2, 0.25) is 0 Å². The molecule has 0 radical (unpaired) electrons. The fourth-order valence-corrected chi connectivity index (χ4v) is 4.06. The molecule has 4 rings (SSSR count). The fourth-order valence-electron chi connectivity index (χ4n) is 4.06. The molecule has 8 nitrogen and oxygen atoms in total. The molecule has 0 unspecified atom stereocenters. The maximum atomic E-state index is 13.0. The lowest BCUT2D eigenvalue weighted by molar-refractivity contribution is 0.0568. The largest absolute Gasteiger partial charge is 0.505 e. The van der Waals surface area contributed by atoms with Gasteiger partial charge in [-0.2, -0.15) is 0 Å². The second kappa shape index (κ2) is 7.27. The highest BCUT2D eigenvalue weighted by Gasteiger charge is 2.33. The Morgan fingerprint density at radius 1 is 1.25 bits per heavy atom. The number of para-hydroxylation sites is 1. The van der Waals surface area contributed by atoms with Gasteiger partial charge in [0, 0.05) is 25.7 Å². The number of hydrogen-bond acceptors (Lipinski definition) is 7. The average molecular weight is 385 g/mol. The number of carbonyl (C=O) groups is 1. The summed E-state index contributed by atoms with van der Waals surface area (Å²) in [6.45, 7) is 5.16. The van der Waals surface area contributed by atoms with Gasteiger partial charge in [0.15, 0.2) is 11.5 Å². The Balaban J connectivity index is 1.55. The van der Waals surface area contributed by atoms with Crippen LogP contribution < -0.4 is 20.9 Å². The van der Waals surface area contributed by atoms with E-state index in [4.69, 9.17) is 4.74 Å². The van der Waals surface area contributed by atoms with E-state index in [0.29, 0.717) is 19.1 Å². The lowest BCUT2D eigenvalue weighted by Crippen LogP contribution is -2.52. The second-order valence-corrected chi connectivity index (χ2v) is 7.21. The molecule has 28 heavy (non-hydrogen) atoms. The highest BCUT2D eigenvalue weighted by atomic mass is 16.5. The average Bonchev–Trinajstić information content (AvgIpc) is 3.18. The summed E-state index contributed by atoms with van der Waals surface area (Å²) in [7, 11) is 0. The minimum absolute atomic E-state index is 0.00585. The zero-order valence-electron chi connectivity index (χ0n) is 15.7. The minimum Gasteiger partial charge on any atom is -0.505 e. The highest BCUT2D eigenvalue weighted by Crippen LogP contribution is 2.33. The monoisotopic (exact) mass is 385 g/mol. The molecule has 2 aliphatic rings. The van der Waals surface area contributed by atoms with Gasteiger partial charge in [-0.05, 0) is 38.4 Å². The predicted octanol–water partition coefficient (Wildman–Crippen LogP) is 1.05. The van der Waals surface area contributed by atoms with Crippen LogP contribution in [-0.2, 0) is 0 Å². The molecule has 148 valence electrons. The van der Waals surface area contributed by atoms with Crippen molar-refractivity contribution in [3.8, 4) is 11.5 Å². The van der Waals surface area contributed by atoms with Gasteiger partial charge in [0.25, 0.3) is 16.8 Å². The zero-order valence-corrected chi connectivity index (χ0v) is 15.7. The molecule has 0 aromatic heterocycles. The molecule has 2 heterocycles. The van der Waals surface area contributed by atoms with Crippen molar-refractivity contribution in [2.75, 3.05) is 38.1 Å². The van der Waals surface area contributed by atoms with Gasteiger partial charge in [-0.1, -0.05) is 6.07 Å². The number of phenols is 1. The Hall–Kier alpha value is -2.87. The zero-order chi connectivity index (χ0) is 19.8. The summed E-state index contributed by atoms with van der Waals surface area (Å²) in [5.41, 5.74) is -1.01. The quantitative estimate of drug-likeness (QED) is 0.586. The Morgan fingerprint density at radius 2 is 2.07 bits per heavy atom. The number of anilines is 2. The minimum atomic E-state index is -0.697. The van der Waals surface area contributed by atoms with E-state index < -0.39 is 10.9 Å². The lowest BCUT2D eigenvalue weighted by Gasteiger charge is -2.37. The van der Waals surface area contributed by atoms with Gasteiger partial charge in [0.05, 0.1) is 17.9 Å². The maximum absolute atomic E-state index is 13.0. The molecule has 0 aliphatic carbocycles. The van der Waals surface area contributed by atoms with Crippen LogP contribution in [0.4, 0.5) is 11.4 Å². The number of nitrogens with zero attached hydrogens (tertiary/aromatic N) is 2. The van der Waals surface area contributed by atoms with Crippen molar-refractivity contribution in [3.63, 3.8) is 0 Å². The van der Waals surface area contributed by atoms with Gasteiger partial charge in [-0.3, -0.25) is 19.3 Å². The standard InChI is InChI=1S/C20H23N3O5/c1-2-28-19-15(17(25)18(19)26)21-14-7-3-6-13(16(14)24)20(27)23-10-9-22-8-4-5-12(22)11-23/h3,6-7,12,21,24H,2,4-5,8-11H2,1H3/t12-/m1/s1. The first-order chi connectivity index (χ1) is 13.5. The summed E-state index contributed by atoms with van der Waals surface area (Å²) >= 11 is 0. The smallest absolute Gasteiger partial charge is 0.272 e. The molecular weight excluding hydrogens is 362 g/mol. The number of benzene rings is 1. The Kier molecular flexibility index (Phi) is 4.80. The van der Waals surface area contributed by atoms with Gasteiger partial charge in [-0.25, -0.2) is 0 Å². The van der Waals surface area contributed by atoms with Crippen LogP contribution in [0.3, 0.4) is 0 Å². The number of rotatable bonds is 5. The highest BCUT2D eigenvalue weighted by molar-refractivity contribution is 5.99. The third kappa shape index (κ3) is 3.03. The summed E-state index contributed by atoms with van der Waals surface area (Å²) in [6.07, 6.45) is 2.24. The van der Waals surface area contributed by atoms with E-state index in [2.05, 4.69) is 10.2 Å². The van der Waals surface area contributed by atoms with Crippen LogP contribution in [0.1, 0.15) is 30.1 Å². The first kappa shape index (κ1) is 18.5. The number of piperazine rings is 1. The van der Waals surface area contributed by atoms with E-state index in [0.717, 1.165) is 25.9 Å². The third-order valence-electron chi connectivity index (χ3n) is 5.56. The van der Waals surface area contributed by atoms with E-state index in [1.165, 1.54) is 0 Å². The van der Waals surface area contributed by atoms with Crippen LogP contribution in [0.5, 0.6) is 11.5 Å². The predicted molar refractivity (Wildman–Crippen MR) is 104 cm³/mol. The van der Waals surface area contributed by atoms with Crippen molar-refractivity contribution in [2.45, 2.75) is 25.8 Å². The van der Waals surface area contributed by atoms with Crippen molar-refractivity contribution in [2.24, 2.45) is 0 Å². The molecule has 2 aromatic rings. The molecule has 0 bridgehead atoms. The first-order valence-electron chi connectivity index (χ1n) is 9.59. The Labute approximate surface area is 162 Å². The van der Waals surface area contributed by atoms with Crippen molar-refractivity contribution >= 4 is 17.3 Å². The molecule has 1 amide bonds. The molecule has 1 atom stereocenters. The van der Waals surface area contributed by atoms with Crippen molar-refractivity contribution in [1.82, 2.24) is 9.80 Å². The second-order valence-electron chi connectivity index (χ2n) is 7.21. The molecule has 2 aliphatic heterocycles. The molecule has 0 saturated carbocycles. The van der Waals surface area contributed by atoms with E-state index >= 15 is 0 Å². The maximum Gasteiger partial charge on any atom is 0.272 e. The summed E-state index contributed by atoms with van der Waals surface area (Å²) in [4.78, 5) is 40.6. The van der Waals surface area contributed by atoms with Gasteiger partial charge < -0.3 is 20.1 Å².